The van der Waals surface area contributed by atoms with Gasteiger partial charge < -0.3 is 59.5 Å². The zero-order valence-electron chi connectivity index (χ0n) is 21.2. The second-order valence-electron chi connectivity index (χ2n) is 9.97. The third-order valence-electron chi connectivity index (χ3n) is 7.28. The van der Waals surface area contributed by atoms with Crippen molar-refractivity contribution in [2.45, 2.75) is 68.5 Å². The molecule has 9 atom stereocenters. The molecule has 2 aromatic carbocycles. The Hall–Kier alpha value is -3.27. The first-order valence-corrected chi connectivity index (χ1v) is 12.6. The molecule has 0 unspecified atom stereocenters. The number of ether oxygens (including phenoxy) is 3. The van der Waals surface area contributed by atoms with E-state index >= 15 is 0 Å². The molecule has 216 valence electrons. The van der Waals surface area contributed by atoms with Gasteiger partial charge in [-0.3, -0.25) is 4.79 Å². The lowest BCUT2D eigenvalue weighted by atomic mass is 9.92. The summed E-state index contributed by atoms with van der Waals surface area (Å²) in [6, 6.07) is 8.32. The molecule has 40 heavy (non-hydrogen) atoms. The number of hydrogen-bond acceptors (Lipinski definition) is 13. The van der Waals surface area contributed by atoms with Crippen molar-refractivity contribution in [1.29, 1.82) is 0 Å². The summed E-state index contributed by atoms with van der Waals surface area (Å²) in [5.74, 6) is -0.677. The van der Waals surface area contributed by atoms with Crippen LogP contribution in [0.4, 0.5) is 0 Å². The summed E-state index contributed by atoms with van der Waals surface area (Å²) in [6.07, 6.45) is -11.4. The molecule has 13 nitrogen and oxygen atoms in total. The third-order valence-corrected chi connectivity index (χ3v) is 7.28. The number of hydrogen-bond donors (Lipinski definition) is 8. The van der Waals surface area contributed by atoms with E-state index in [0.717, 1.165) is 12.1 Å². The molecule has 0 amide bonds. The van der Waals surface area contributed by atoms with E-state index in [0.29, 0.717) is 5.56 Å². The van der Waals surface area contributed by atoms with Gasteiger partial charge in [0, 0.05) is 24.1 Å². The van der Waals surface area contributed by atoms with E-state index in [2.05, 4.69) is 0 Å². The fraction of sp³-hybridized carbons (Fsp3) is 0.444. The highest BCUT2D eigenvalue weighted by Gasteiger charge is 2.44. The number of phenolic OH excluding ortho intramolecular Hbond substituents is 2. The molecular weight excluding hydrogens is 532 g/mol. The first-order chi connectivity index (χ1) is 19.0. The van der Waals surface area contributed by atoms with Gasteiger partial charge in [0.2, 0.25) is 6.29 Å². The van der Waals surface area contributed by atoms with Crippen LogP contribution in [0.2, 0.25) is 0 Å². The van der Waals surface area contributed by atoms with Gasteiger partial charge in [0.1, 0.15) is 64.5 Å². The quantitative estimate of drug-likeness (QED) is 0.199. The molecule has 2 fully saturated rings. The van der Waals surface area contributed by atoms with Crippen LogP contribution in [0.25, 0.3) is 22.3 Å². The molecule has 3 aromatic rings. The van der Waals surface area contributed by atoms with E-state index in [-0.39, 0.29) is 34.5 Å². The SMILES string of the molecule is C[C@H]1O[C@@H](c2c(O)cc3oc(-c4ccc(O[C@H]5O[C@H](CO)[C@@H](O)[C@H](O)[C@H]5O)cc4)cc(=O)c3c2O)C[C@H](O)[C@H]1O. The Bertz CT molecular complexity index is 1410. The minimum absolute atomic E-state index is 0.0972. The molecule has 5 rings (SSSR count). The lowest BCUT2D eigenvalue weighted by molar-refractivity contribution is -0.277. The summed E-state index contributed by atoms with van der Waals surface area (Å²) in [5, 5.41) is 80.8. The van der Waals surface area contributed by atoms with Crippen LogP contribution in [0.15, 0.2) is 45.6 Å². The predicted molar refractivity (Wildman–Crippen MR) is 136 cm³/mol. The molecule has 2 aliphatic rings. The first-order valence-electron chi connectivity index (χ1n) is 12.6. The average molecular weight is 563 g/mol. The van der Waals surface area contributed by atoms with Crippen molar-refractivity contribution in [3.05, 3.63) is 52.2 Å². The number of aromatic hydroxyl groups is 2. The second-order valence-corrected chi connectivity index (χ2v) is 9.97. The van der Waals surface area contributed by atoms with Gasteiger partial charge >= 0.3 is 0 Å². The van der Waals surface area contributed by atoms with Crippen LogP contribution in [0.3, 0.4) is 0 Å². The number of benzene rings is 2. The van der Waals surface area contributed by atoms with Crippen molar-refractivity contribution in [2.75, 3.05) is 6.61 Å². The van der Waals surface area contributed by atoms with Crippen LogP contribution < -0.4 is 10.2 Å². The van der Waals surface area contributed by atoms with E-state index in [1.165, 1.54) is 31.2 Å². The van der Waals surface area contributed by atoms with Gasteiger partial charge in [-0.05, 0) is 31.2 Å². The lowest BCUT2D eigenvalue weighted by Gasteiger charge is -2.39. The van der Waals surface area contributed by atoms with Gasteiger partial charge in [0.25, 0.3) is 0 Å². The highest BCUT2D eigenvalue weighted by Crippen LogP contribution is 2.44. The Balaban J connectivity index is 1.41. The molecular formula is C27H30O13. The third kappa shape index (κ3) is 5.02. The smallest absolute Gasteiger partial charge is 0.229 e. The number of rotatable bonds is 5. The van der Waals surface area contributed by atoms with Crippen molar-refractivity contribution in [1.82, 2.24) is 0 Å². The van der Waals surface area contributed by atoms with Gasteiger partial charge in [-0.15, -0.1) is 0 Å². The van der Waals surface area contributed by atoms with Gasteiger partial charge in [-0.2, -0.15) is 0 Å². The summed E-state index contributed by atoms with van der Waals surface area (Å²) < 4.78 is 22.4. The van der Waals surface area contributed by atoms with Crippen molar-refractivity contribution >= 4 is 11.0 Å². The first kappa shape index (κ1) is 28.3. The second kappa shape index (κ2) is 11.0. The maximum absolute atomic E-state index is 13.0. The average Bonchev–Trinajstić information content (AvgIpc) is 2.91. The Morgan fingerprint density at radius 3 is 2.27 bits per heavy atom. The molecule has 0 aliphatic carbocycles. The van der Waals surface area contributed by atoms with Gasteiger partial charge in [0.05, 0.1) is 30.5 Å². The standard InChI is InChI=1S/C27H30O13/c1-10-22(32)15(31)8-17(37-10)20-14(30)7-18-21(24(20)34)13(29)6-16(39-18)11-2-4-12(5-3-11)38-27-26(36)25(35)23(33)19(9-28)40-27/h2-7,10,15,17,19,22-23,25-28,30-36H,8-9H2,1H3/t10-,15+,17-,19-,22+,23-,25+,26-,27+/m1/s1. The Labute approximate surface area is 226 Å². The van der Waals surface area contributed by atoms with Crippen LogP contribution in [0.5, 0.6) is 17.2 Å². The summed E-state index contributed by atoms with van der Waals surface area (Å²) in [6.45, 7) is 0.936. The van der Waals surface area contributed by atoms with Crippen LogP contribution in [-0.2, 0) is 9.47 Å². The van der Waals surface area contributed by atoms with Crippen LogP contribution in [0.1, 0.15) is 25.0 Å². The zero-order chi connectivity index (χ0) is 28.9. The minimum Gasteiger partial charge on any atom is -0.507 e. The monoisotopic (exact) mass is 562 g/mol. The molecule has 2 aliphatic heterocycles. The summed E-state index contributed by atoms with van der Waals surface area (Å²) >= 11 is 0. The number of fused-ring (bicyclic) bond motifs is 1. The summed E-state index contributed by atoms with van der Waals surface area (Å²) in [5.41, 5.74) is -0.391. The zero-order valence-corrected chi connectivity index (χ0v) is 21.2. The van der Waals surface area contributed by atoms with Gasteiger partial charge in [-0.1, -0.05) is 0 Å². The maximum Gasteiger partial charge on any atom is 0.229 e. The van der Waals surface area contributed by atoms with Crippen LogP contribution in [0, 0.1) is 0 Å². The maximum atomic E-state index is 13.0. The van der Waals surface area contributed by atoms with E-state index in [1.807, 2.05) is 0 Å². The minimum atomic E-state index is -1.60. The lowest BCUT2D eigenvalue weighted by Crippen LogP contribution is -2.60. The Kier molecular flexibility index (Phi) is 7.74. The molecule has 1 aromatic heterocycles. The molecule has 13 heteroatoms. The van der Waals surface area contributed by atoms with E-state index in [1.54, 1.807) is 0 Å². The fourth-order valence-electron chi connectivity index (χ4n) is 5.01. The molecule has 8 N–H and O–H groups in total. The van der Waals surface area contributed by atoms with Crippen molar-refractivity contribution < 1.29 is 59.5 Å². The molecule has 0 spiro atoms. The van der Waals surface area contributed by atoms with Gasteiger partial charge in [0.15, 0.2) is 5.43 Å². The van der Waals surface area contributed by atoms with Crippen molar-refractivity contribution in [2.24, 2.45) is 0 Å². The highest BCUT2D eigenvalue weighted by atomic mass is 16.7. The van der Waals surface area contributed by atoms with Crippen LogP contribution in [-0.4, -0.2) is 96.5 Å². The van der Waals surface area contributed by atoms with Crippen LogP contribution >= 0.6 is 0 Å². The molecule has 0 bridgehead atoms. The van der Waals surface area contributed by atoms with E-state index < -0.39 is 78.7 Å². The van der Waals surface area contributed by atoms with E-state index in [4.69, 9.17) is 18.6 Å². The summed E-state index contributed by atoms with van der Waals surface area (Å²) in [7, 11) is 0. The Morgan fingerprint density at radius 2 is 1.62 bits per heavy atom. The van der Waals surface area contributed by atoms with Gasteiger partial charge in [-0.25, -0.2) is 0 Å². The summed E-state index contributed by atoms with van der Waals surface area (Å²) in [4.78, 5) is 13.0. The highest BCUT2D eigenvalue weighted by molar-refractivity contribution is 5.88. The Morgan fingerprint density at radius 1 is 0.925 bits per heavy atom. The molecule has 3 heterocycles. The van der Waals surface area contributed by atoms with Crippen molar-refractivity contribution in [3.8, 4) is 28.6 Å². The molecule has 2 saturated heterocycles. The number of aliphatic hydroxyl groups is 6. The fourth-order valence-corrected chi connectivity index (χ4v) is 5.01. The van der Waals surface area contributed by atoms with E-state index in [9.17, 15) is 45.6 Å². The molecule has 0 saturated carbocycles. The molecule has 0 radical (unpaired) electrons. The number of aliphatic hydroxyl groups excluding tert-OH is 6. The topological polar surface area (TPSA) is 220 Å². The van der Waals surface area contributed by atoms with Crippen molar-refractivity contribution in [3.63, 3.8) is 0 Å². The predicted octanol–water partition coefficient (Wildman–Crippen LogP) is -0.378. The number of phenols is 2. The largest absolute Gasteiger partial charge is 0.507 e. The normalized spacial score (nSPS) is 32.7.